The second-order valence-electron chi connectivity index (χ2n) is 8.72. The van der Waals surface area contributed by atoms with Crippen LogP contribution in [0.15, 0.2) is 12.2 Å². The fourth-order valence-corrected chi connectivity index (χ4v) is 3.49. The fraction of sp³-hybridized carbons (Fsp3) is 0.783. The molecule has 0 aromatic rings. The van der Waals surface area contributed by atoms with Crippen LogP contribution < -0.4 is 5.11 Å². The molecule has 2 N–H and O–H groups in total. The van der Waals surface area contributed by atoms with Crippen molar-refractivity contribution >= 4 is 17.9 Å². The van der Waals surface area contributed by atoms with Crippen LogP contribution in [0, 0.1) is 17.8 Å². The highest BCUT2D eigenvalue weighted by Crippen LogP contribution is 2.21. The number of quaternary nitrogens is 1. The molecule has 3 unspecified atom stereocenters. The number of rotatable bonds is 18. The Morgan fingerprint density at radius 3 is 1.67 bits per heavy atom. The minimum absolute atomic E-state index is 0.434. The predicted molar refractivity (Wildman–Crippen MR) is 115 cm³/mol. The maximum absolute atomic E-state index is 11.3. The Bertz CT molecular complexity index is 500. The molecule has 0 aliphatic heterocycles. The maximum atomic E-state index is 11.3. The second-order valence-corrected chi connectivity index (χ2v) is 8.72. The molecule has 0 saturated heterocycles. The van der Waals surface area contributed by atoms with Crippen LogP contribution in [0.4, 0.5) is 0 Å². The van der Waals surface area contributed by atoms with Gasteiger partial charge in [-0.15, -0.1) is 0 Å². The van der Waals surface area contributed by atoms with Crippen LogP contribution in [0.25, 0.3) is 0 Å². The van der Waals surface area contributed by atoms with Crippen molar-refractivity contribution < 1.29 is 34.2 Å². The molecule has 0 rings (SSSR count). The highest BCUT2D eigenvalue weighted by atomic mass is 16.4. The summed E-state index contributed by atoms with van der Waals surface area (Å²) in [5.41, 5.74) is 0. The van der Waals surface area contributed by atoms with Gasteiger partial charge in [0.05, 0.1) is 38.0 Å². The zero-order chi connectivity index (χ0) is 23.2. The highest BCUT2D eigenvalue weighted by molar-refractivity contribution is 5.69. The lowest BCUT2D eigenvalue weighted by molar-refractivity contribution is -0.929. The number of allylic oxidation sites excluding steroid dienone is 2. The van der Waals surface area contributed by atoms with Gasteiger partial charge in [0.25, 0.3) is 0 Å². The lowest BCUT2D eigenvalue weighted by Crippen LogP contribution is -2.52. The standard InChI is InChI=1S/C23H41NO6/c1-5-6-7-8-9-10-14-24(15-11-18(2)21(25)26,16-12-19(3)22(27)28)17-13-20(4)23(29)30/h5-6,18-20H,7-17H2,1-4H3,(H2-,25,26,27,28,29,30)/b6-5+. The molecule has 0 heterocycles. The molecular formula is C23H41NO6. The SMILES string of the molecule is C/C=C/CCCCC[N+](CCC(C)C(=O)[O-])(CCC(C)C(=O)O)CCC(C)C(=O)O. The van der Waals surface area contributed by atoms with E-state index in [1.165, 1.54) is 0 Å². The molecule has 0 amide bonds. The molecule has 174 valence electrons. The van der Waals surface area contributed by atoms with Gasteiger partial charge in [0.1, 0.15) is 0 Å². The zero-order valence-corrected chi connectivity index (χ0v) is 19.1. The number of hydrogen-bond acceptors (Lipinski definition) is 4. The van der Waals surface area contributed by atoms with Crippen molar-refractivity contribution in [3.63, 3.8) is 0 Å². The van der Waals surface area contributed by atoms with Crippen molar-refractivity contribution in [3.8, 4) is 0 Å². The first-order valence-corrected chi connectivity index (χ1v) is 11.2. The van der Waals surface area contributed by atoms with E-state index in [4.69, 9.17) is 0 Å². The monoisotopic (exact) mass is 427 g/mol. The van der Waals surface area contributed by atoms with E-state index in [-0.39, 0.29) is 0 Å². The van der Waals surface area contributed by atoms with Gasteiger partial charge in [-0.05, 0) is 32.6 Å². The zero-order valence-electron chi connectivity index (χ0n) is 19.1. The number of carbonyl (C=O) groups excluding carboxylic acids is 1. The van der Waals surface area contributed by atoms with Gasteiger partial charge in [-0.25, -0.2) is 0 Å². The van der Waals surface area contributed by atoms with E-state index in [1.807, 2.05) is 13.0 Å². The van der Waals surface area contributed by atoms with Crippen molar-refractivity contribution in [2.24, 2.45) is 17.8 Å². The first kappa shape index (κ1) is 28.1. The molecule has 0 aliphatic rings. The Kier molecular flexibility index (Phi) is 14.0. The third-order valence-corrected chi connectivity index (χ3v) is 6.09. The number of nitrogens with zero attached hydrogens (tertiary/aromatic N) is 1. The van der Waals surface area contributed by atoms with Crippen LogP contribution in [-0.2, 0) is 14.4 Å². The Hall–Kier alpha value is -1.89. The smallest absolute Gasteiger partial charge is 0.306 e. The van der Waals surface area contributed by atoms with Gasteiger partial charge in [0, 0.05) is 31.1 Å². The van der Waals surface area contributed by atoms with Crippen LogP contribution in [0.5, 0.6) is 0 Å². The Balaban J connectivity index is 5.34. The molecule has 30 heavy (non-hydrogen) atoms. The topological polar surface area (TPSA) is 115 Å². The quantitative estimate of drug-likeness (QED) is 0.197. The van der Waals surface area contributed by atoms with Crippen LogP contribution in [-0.4, -0.2) is 58.8 Å². The Morgan fingerprint density at radius 1 is 0.800 bits per heavy atom. The van der Waals surface area contributed by atoms with Crippen LogP contribution in [0.1, 0.15) is 72.6 Å². The molecule has 0 spiro atoms. The molecule has 0 saturated carbocycles. The van der Waals surface area contributed by atoms with Gasteiger partial charge in [-0.1, -0.05) is 32.9 Å². The molecule has 0 aromatic heterocycles. The van der Waals surface area contributed by atoms with E-state index in [0.29, 0.717) is 43.4 Å². The minimum atomic E-state index is -1.09. The van der Waals surface area contributed by atoms with Crippen molar-refractivity contribution in [3.05, 3.63) is 12.2 Å². The number of hydrogen-bond donors (Lipinski definition) is 2. The highest BCUT2D eigenvalue weighted by Gasteiger charge is 2.30. The summed E-state index contributed by atoms with van der Waals surface area (Å²) in [4.78, 5) is 33.8. The average Bonchev–Trinajstić information content (AvgIpc) is 2.69. The Morgan fingerprint density at radius 2 is 1.27 bits per heavy atom. The first-order valence-electron chi connectivity index (χ1n) is 11.2. The number of carboxylic acid groups (broad SMARTS) is 3. The molecule has 0 bridgehead atoms. The van der Waals surface area contributed by atoms with Crippen molar-refractivity contribution in [2.75, 3.05) is 26.2 Å². The summed E-state index contributed by atoms with van der Waals surface area (Å²) in [6.45, 7) is 9.57. The summed E-state index contributed by atoms with van der Waals surface area (Å²) in [7, 11) is 0. The van der Waals surface area contributed by atoms with Gasteiger partial charge in [-0.3, -0.25) is 9.59 Å². The normalized spacial score (nSPS) is 16.7. The molecular weight excluding hydrogens is 386 g/mol. The summed E-state index contributed by atoms with van der Waals surface area (Å²) in [5, 5.41) is 29.8. The number of unbranched alkanes of at least 4 members (excludes halogenated alkanes) is 3. The van der Waals surface area contributed by atoms with Gasteiger partial charge < -0.3 is 24.6 Å². The van der Waals surface area contributed by atoms with Crippen molar-refractivity contribution in [1.82, 2.24) is 0 Å². The molecule has 0 fully saturated rings. The van der Waals surface area contributed by atoms with Gasteiger partial charge in [0.15, 0.2) is 0 Å². The van der Waals surface area contributed by atoms with Crippen molar-refractivity contribution in [2.45, 2.75) is 72.6 Å². The molecule has 0 aliphatic carbocycles. The third-order valence-electron chi connectivity index (χ3n) is 6.09. The number of carbonyl (C=O) groups is 3. The van der Waals surface area contributed by atoms with Gasteiger partial charge in [-0.2, -0.15) is 0 Å². The lowest BCUT2D eigenvalue weighted by atomic mass is 10.0. The second kappa shape index (κ2) is 15.0. The van der Waals surface area contributed by atoms with Gasteiger partial charge >= 0.3 is 11.9 Å². The van der Waals surface area contributed by atoms with Crippen LogP contribution >= 0.6 is 0 Å². The molecule has 7 nitrogen and oxygen atoms in total. The van der Waals surface area contributed by atoms with Gasteiger partial charge in [0.2, 0.25) is 0 Å². The Labute approximate surface area is 181 Å². The van der Waals surface area contributed by atoms with E-state index in [0.717, 1.165) is 32.2 Å². The van der Waals surface area contributed by atoms with E-state index >= 15 is 0 Å². The van der Waals surface area contributed by atoms with E-state index in [9.17, 15) is 29.7 Å². The molecule has 7 heteroatoms. The fourth-order valence-electron chi connectivity index (χ4n) is 3.49. The third kappa shape index (κ3) is 12.0. The first-order chi connectivity index (χ1) is 14.0. The summed E-state index contributed by atoms with van der Waals surface area (Å²) < 4.78 is 0.566. The van der Waals surface area contributed by atoms with Crippen molar-refractivity contribution in [1.29, 1.82) is 0 Å². The molecule has 3 atom stereocenters. The summed E-state index contributed by atoms with van der Waals surface area (Å²) >= 11 is 0. The predicted octanol–water partition coefficient (Wildman–Crippen LogP) is 2.94. The molecule has 0 radical (unpaired) electrons. The maximum Gasteiger partial charge on any atom is 0.306 e. The summed E-state index contributed by atoms with van der Waals surface area (Å²) in [6, 6.07) is 0. The van der Waals surface area contributed by atoms with E-state index in [1.54, 1.807) is 20.8 Å². The number of carboxylic acids is 3. The average molecular weight is 428 g/mol. The molecule has 0 aromatic carbocycles. The van der Waals surface area contributed by atoms with E-state index < -0.39 is 35.7 Å². The van der Waals surface area contributed by atoms with Crippen LogP contribution in [0.2, 0.25) is 0 Å². The summed E-state index contributed by atoms with van der Waals surface area (Å²) in [6.07, 6.45) is 9.62. The summed E-state index contributed by atoms with van der Waals surface area (Å²) in [5.74, 6) is -4.36. The lowest BCUT2D eigenvalue weighted by Gasteiger charge is -2.41. The van der Waals surface area contributed by atoms with Crippen LogP contribution in [0.3, 0.4) is 0 Å². The largest absolute Gasteiger partial charge is 0.550 e. The number of aliphatic carboxylic acids is 3. The van der Waals surface area contributed by atoms with E-state index in [2.05, 4.69) is 6.08 Å². The minimum Gasteiger partial charge on any atom is -0.550 e.